The summed E-state index contributed by atoms with van der Waals surface area (Å²) in [7, 11) is 1.74. The first-order valence-corrected chi connectivity index (χ1v) is 6.37. The van der Waals surface area contributed by atoms with Gasteiger partial charge in [-0.3, -0.25) is 10.1 Å². The second-order valence-electron chi connectivity index (χ2n) is 4.79. The van der Waals surface area contributed by atoms with Crippen LogP contribution in [0.25, 0.3) is 0 Å². The average Bonchev–Trinajstić information content (AvgIpc) is 2.45. The van der Waals surface area contributed by atoms with Crippen LogP contribution in [0.4, 0.5) is 23.0 Å². The number of nitrogen functional groups attached to an aromatic ring is 1. The van der Waals surface area contributed by atoms with Crippen molar-refractivity contribution in [1.29, 1.82) is 0 Å². The van der Waals surface area contributed by atoms with E-state index in [0.29, 0.717) is 5.82 Å². The second kappa shape index (κ2) is 5.76. The SMILES string of the molecule is Cc1ccc(N(C)c2nc(NN)ccc2[N+](=O)[O-])c(C)c1. The summed E-state index contributed by atoms with van der Waals surface area (Å²) in [6, 6.07) is 8.74. The second-order valence-corrected chi connectivity index (χ2v) is 4.79. The Morgan fingerprint density at radius 1 is 1.29 bits per heavy atom. The summed E-state index contributed by atoms with van der Waals surface area (Å²) in [6.07, 6.45) is 0. The molecule has 110 valence electrons. The number of aromatic nitrogens is 1. The van der Waals surface area contributed by atoms with Crippen LogP contribution >= 0.6 is 0 Å². The first kappa shape index (κ1) is 14.7. The molecule has 0 unspecified atom stereocenters. The van der Waals surface area contributed by atoms with E-state index in [4.69, 9.17) is 5.84 Å². The van der Waals surface area contributed by atoms with Crippen LogP contribution in [0.15, 0.2) is 30.3 Å². The van der Waals surface area contributed by atoms with Gasteiger partial charge < -0.3 is 10.3 Å². The third-order valence-electron chi connectivity index (χ3n) is 3.23. The fraction of sp³-hybridized carbons (Fsp3) is 0.214. The maximum atomic E-state index is 11.2. The number of nitrogens with zero attached hydrogens (tertiary/aromatic N) is 3. The van der Waals surface area contributed by atoms with Crippen LogP contribution in [0.5, 0.6) is 0 Å². The van der Waals surface area contributed by atoms with Crippen LogP contribution in [-0.2, 0) is 0 Å². The molecule has 21 heavy (non-hydrogen) atoms. The standard InChI is InChI=1S/C14H17N5O2/c1-9-4-5-11(10(2)8-9)18(3)14-12(19(20)21)6-7-13(16-14)17-15/h4-8H,15H2,1-3H3,(H,16,17). The predicted molar refractivity (Wildman–Crippen MR) is 82.7 cm³/mol. The molecule has 0 spiro atoms. The summed E-state index contributed by atoms with van der Waals surface area (Å²) in [5.41, 5.74) is 5.33. The van der Waals surface area contributed by atoms with Crippen molar-refractivity contribution in [2.75, 3.05) is 17.4 Å². The Bertz CT molecular complexity index is 687. The lowest BCUT2D eigenvalue weighted by Crippen LogP contribution is -2.16. The molecule has 0 saturated heterocycles. The Labute approximate surface area is 122 Å². The number of hydrogen-bond donors (Lipinski definition) is 2. The lowest BCUT2D eigenvalue weighted by molar-refractivity contribution is -0.384. The first-order valence-electron chi connectivity index (χ1n) is 6.37. The number of anilines is 3. The molecule has 7 nitrogen and oxygen atoms in total. The molecule has 0 aliphatic rings. The Hall–Kier alpha value is -2.67. The largest absolute Gasteiger partial charge is 0.323 e. The number of pyridine rings is 1. The fourth-order valence-electron chi connectivity index (χ4n) is 2.21. The molecule has 0 radical (unpaired) electrons. The summed E-state index contributed by atoms with van der Waals surface area (Å²) >= 11 is 0. The van der Waals surface area contributed by atoms with E-state index in [-0.39, 0.29) is 11.5 Å². The van der Waals surface area contributed by atoms with Gasteiger partial charge in [-0.25, -0.2) is 10.8 Å². The van der Waals surface area contributed by atoms with Crippen molar-refractivity contribution in [2.45, 2.75) is 13.8 Å². The summed E-state index contributed by atoms with van der Waals surface area (Å²) < 4.78 is 0. The molecule has 2 aromatic rings. The molecule has 3 N–H and O–H groups in total. The van der Waals surface area contributed by atoms with Gasteiger partial charge in [0.25, 0.3) is 0 Å². The summed E-state index contributed by atoms with van der Waals surface area (Å²) in [5, 5.41) is 11.2. The minimum absolute atomic E-state index is 0.0727. The zero-order chi connectivity index (χ0) is 15.6. The monoisotopic (exact) mass is 287 g/mol. The third-order valence-corrected chi connectivity index (χ3v) is 3.23. The Morgan fingerprint density at radius 3 is 2.57 bits per heavy atom. The molecule has 1 aromatic heterocycles. The van der Waals surface area contributed by atoms with Gasteiger partial charge in [-0.1, -0.05) is 17.7 Å². The normalized spacial score (nSPS) is 10.3. The maximum Gasteiger partial charge on any atom is 0.312 e. The highest BCUT2D eigenvalue weighted by atomic mass is 16.6. The minimum Gasteiger partial charge on any atom is -0.323 e. The number of nitrogens with one attached hydrogen (secondary N) is 1. The highest BCUT2D eigenvalue weighted by Gasteiger charge is 2.21. The van der Waals surface area contributed by atoms with Crippen molar-refractivity contribution in [3.8, 4) is 0 Å². The third kappa shape index (κ3) is 2.92. The van der Waals surface area contributed by atoms with Crippen LogP contribution in [0, 0.1) is 24.0 Å². The lowest BCUT2D eigenvalue weighted by Gasteiger charge is -2.21. The topological polar surface area (TPSA) is 97.3 Å². The van der Waals surface area contributed by atoms with Crippen molar-refractivity contribution < 1.29 is 4.92 Å². The van der Waals surface area contributed by atoms with E-state index >= 15 is 0 Å². The smallest absolute Gasteiger partial charge is 0.312 e. The summed E-state index contributed by atoms with van der Waals surface area (Å²) in [5.74, 6) is 5.94. The van der Waals surface area contributed by atoms with Crippen LogP contribution in [0.1, 0.15) is 11.1 Å². The van der Waals surface area contributed by atoms with Gasteiger partial charge >= 0.3 is 5.69 Å². The fourth-order valence-corrected chi connectivity index (χ4v) is 2.21. The number of benzene rings is 1. The van der Waals surface area contributed by atoms with Crippen molar-refractivity contribution >= 4 is 23.0 Å². The van der Waals surface area contributed by atoms with E-state index in [9.17, 15) is 10.1 Å². The van der Waals surface area contributed by atoms with E-state index < -0.39 is 4.92 Å². The van der Waals surface area contributed by atoms with Gasteiger partial charge in [0.2, 0.25) is 5.82 Å². The Morgan fingerprint density at radius 2 is 2.00 bits per heavy atom. The van der Waals surface area contributed by atoms with E-state index in [1.807, 2.05) is 32.0 Å². The lowest BCUT2D eigenvalue weighted by atomic mass is 10.1. The van der Waals surface area contributed by atoms with Gasteiger partial charge in [-0.05, 0) is 31.5 Å². The van der Waals surface area contributed by atoms with Crippen molar-refractivity contribution in [1.82, 2.24) is 4.98 Å². The molecule has 0 fully saturated rings. The zero-order valence-corrected chi connectivity index (χ0v) is 12.1. The van der Waals surface area contributed by atoms with Gasteiger partial charge in [0, 0.05) is 18.8 Å². The van der Waals surface area contributed by atoms with Crippen LogP contribution in [0.2, 0.25) is 0 Å². The number of rotatable bonds is 4. The minimum atomic E-state index is -0.456. The highest BCUT2D eigenvalue weighted by molar-refractivity contribution is 5.71. The van der Waals surface area contributed by atoms with Gasteiger partial charge in [0.1, 0.15) is 5.82 Å². The number of aryl methyl sites for hydroxylation is 2. The van der Waals surface area contributed by atoms with E-state index in [1.165, 1.54) is 12.1 Å². The molecular weight excluding hydrogens is 270 g/mol. The molecule has 0 bridgehead atoms. The molecule has 0 aliphatic heterocycles. The molecule has 0 saturated carbocycles. The molecule has 7 heteroatoms. The predicted octanol–water partition coefficient (Wildman–Crippen LogP) is 2.66. The number of nitro groups is 1. The number of nitrogens with two attached hydrogens (primary N) is 1. The van der Waals surface area contributed by atoms with Crippen LogP contribution in [-0.4, -0.2) is 17.0 Å². The summed E-state index contributed by atoms with van der Waals surface area (Å²) in [4.78, 5) is 16.6. The molecular formula is C14H17N5O2. The Kier molecular flexibility index (Phi) is 4.04. The molecule has 0 aliphatic carbocycles. The van der Waals surface area contributed by atoms with Crippen LogP contribution in [0.3, 0.4) is 0 Å². The van der Waals surface area contributed by atoms with Gasteiger partial charge in [-0.2, -0.15) is 0 Å². The first-order chi connectivity index (χ1) is 9.93. The van der Waals surface area contributed by atoms with Gasteiger partial charge in [-0.15, -0.1) is 0 Å². The van der Waals surface area contributed by atoms with Crippen molar-refractivity contribution in [2.24, 2.45) is 5.84 Å². The zero-order valence-electron chi connectivity index (χ0n) is 12.1. The van der Waals surface area contributed by atoms with Crippen LogP contribution < -0.4 is 16.2 Å². The average molecular weight is 287 g/mol. The molecule has 2 rings (SSSR count). The highest BCUT2D eigenvalue weighted by Crippen LogP contribution is 2.33. The number of hydrazine groups is 1. The maximum absolute atomic E-state index is 11.2. The van der Waals surface area contributed by atoms with Crippen molar-refractivity contribution in [3.05, 3.63) is 51.6 Å². The molecule has 1 heterocycles. The number of hydrogen-bond acceptors (Lipinski definition) is 6. The van der Waals surface area contributed by atoms with Crippen molar-refractivity contribution in [3.63, 3.8) is 0 Å². The van der Waals surface area contributed by atoms with Gasteiger partial charge in [0.05, 0.1) is 4.92 Å². The molecule has 1 aromatic carbocycles. The van der Waals surface area contributed by atoms with Gasteiger partial charge in [0.15, 0.2) is 0 Å². The van der Waals surface area contributed by atoms with E-state index in [2.05, 4.69) is 10.4 Å². The van der Waals surface area contributed by atoms with E-state index in [0.717, 1.165) is 16.8 Å². The van der Waals surface area contributed by atoms with E-state index in [1.54, 1.807) is 11.9 Å². The Balaban J connectivity index is 2.55. The molecule has 0 atom stereocenters. The quantitative estimate of drug-likeness (QED) is 0.509. The summed E-state index contributed by atoms with van der Waals surface area (Å²) in [6.45, 7) is 3.95. The molecule has 0 amide bonds.